The lowest BCUT2D eigenvalue weighted by molar-refractivity contribution is -0.117. The van der Waals surface area contributed by atoms with Gasteiger partial charge in [0.25, 0.3) is 0 Å². The van der Waals surface area contributed by atoms with Gasteiger partial charge in [0.1, 0.15) is 5.75 Å². The number of aryl methyl sites for hydroxylation is 1. The third kappa shape index (κ3) is 3.06. The lowest BCUT2D eigenvalue weighted by Crippen LogP contribution is -2.25. The molecule has 1 saturated heterocycles. The quantitative estimate of drug-likeness (QED) is 0.672. The molecule has 3 aromatic rings. The van der Waals surface area contributed by atoms with Crippen LogP contribution in [0.15, 0.2) is 40.9 Å². The highest BCUT2D eigenvalue weighted by molar-refractivity contribution is 5.97. The molecule has 2 aliphatic rings. The lowest BCUT2D eigenvalue weighted by atomic mass is 10.1. The molecule has 1 aromatic heterocycles. The number of ether oxygens (including phenoxy) is 3. The highest BCUT2D eigenvalue weighted by Crippen LogP contribution is 2.38. The van der Waals surface area contributed by atoms with Crippen molar-refractivity contribution in [1.82, 2.24) is 10.1 Å². The number of fused-ring (bicyclic) bond motifs is 1. The van der Waals surface area contributed by atoms with E-state index in [0.29, 0.717) is 41.9 Å². The van der Waals surface area contributed by atoms with Gasteiger partial charge >= 0.3 is 0 Å². The zero-order chi connectivity index (χ0) is 20.0. The first-order valence-electron chi connectivity index (χ1n) is 9.31. The third-order valence-corrected chi connectivity index (χ3v) is 5.17. The molecule has 148 valence electrons. The fraction of sp³-hybridized carbons (Fsp3) is 0.286. The summed E-state index contributed by atoms with van der Waals surface area (Å²) in [7, 11) is 1.60. The average Bonchev–Trinajstić information content (AvgIpc) is 3.46. The first-order valence-corrected chi connectivity index (χ1v) is 9.31. The van der Waals surface area contributed by atoms with E-state index in [2.05, 4.69) is 10.1 Å². The summed E-state index contributed by atoms with van der Waals surface area (Å²) in [4.78, 5) is 18.9. The third-order valence-electron chi connectivity index (χ3n) is 5.17. The summed E-state index contributed by atoms with van der Waals surface area (Å²) < 4.78 is 21.7. The normalized spacial score (nSPS) is 17.8. The molecule has 8 heteroatoms. The minimum atomic E-state index is -0.178. The SMILES string of the molecule is COc1ccc(C)cc1N1CC(c2nc(-c3ccc4c(c3)OCO4)no2)CC1=O. The van der Waals surface area contributed by atoms with Gasteiger partial charge in [-0.3, -0.25) is 4.79 Å². The molecule has 2 aromatic carbocycles. The predicted molar refractivity (Wildman–Crippen MR) is 103 cm³/mol. The van der Waals surface area contributed by atoms with E-state index < -0.39 is 0 Å². The van der Waals surface area contributed by atoms with Gasteiger partial charge < -0.3 is 23.6 Å². The number of carbonyl (C=O) groups is 1. The second-order valence-electron chi connectivity index (χ2n) is 7.10. The van der Waals surface area contributed by atoms with E-state index in [0.717, 1.165) is 16.8 Å². The van der Waals surface area contributed by atoms with Gasteiger partial charge in [-0.05, 0) is 42.8 Å². The number of rotatable bonds is 4. The fourth-order valence-corrected chi connectivity index (χ4v) is 3.67. The molecule has 0 radical (unpaired) electrons. The van der Waals surface area contributed by atoms with Crippen LogP contribution in [0.25, 0.3) is 11.4 Å². The second kappa shape index (κ2) is 6.80. The molecular weight excluding hydrogens is 374 g/mol. The van der Waals surface area contributed by atoms with Crippen LogP contribution in [-0.2, 0) is 4.79 Å². The van der Waals surface area contributed by atoms with Gasteiger partial charge in [0.05, 0.1) is 18.7 Å². The molecule has 0 bridgehead atoms. The maximum atomic E-state index is 12.7. The smallest absolute Gasteiger partial charge is 0.232 e. The van der Waals surface area contributed by atoms with E-state index in [9.17, 15) is 4.79 Å². The molecule has 5 rings (SSSR count). The van der Waals surface area contributed by atoms with Crippen LogP contribution in [0.4, 0.5) is 5.69 Å². The fourth-order valence-electron chi connectivity index (χ4n) is 3.67. The van der Waals surface area contributed by atoms with Crippen LogP contribution in [-0.4, -0.2) is 36.5 Å². The van der Waals surface area contributed by atoms with E-state index in [1.165, 1.54) is 0 Å². The Bertz CT molecular complexity index is 1090. The van der Waals surface area contributed by atoms with Crippen molar-refractivity contribution in [2.45, 2.75) is 19.3 Å². The Kier molecular flexibility index (Phi) is 4.12. The maximum Gasteiger partial charge on any atom is 0.232 e. The van der Waals surface area contributed by atoms with Gasteiger partial charge in [0.2, 0.25) is 24.4 Å². The van der Waals surface area contributed by atoms with Crippen LogP contribution >= 0.6 is 0 Å². The second-order valence-corrected chi connectivity index (χ2v) is 7.10. The molecule has 29 heavy (non-hydrogen) atoms. The molecule has 1 unspecified atom stereocenters. The van der Waals surface area contributed by atoms with Crippen molar-refractivity contribution >= 4 is 11.6 Å². The Morgan fingerprint density at radius 3 is 2.86 bits per heavy atom. The Balaban J connectivity index is 1.39. The zero-order valence-electron chi connectivity index (χ0n) is 16.0. The topological polar surface area (TPSA) is 86.9 Å². The summed E-state index contributed by atoms with van der Waals surface area (Å²) >= 11 is 0. The first-order chi connectivity index (χ1) is 14.1. The molecule has 0 spiro atoms. The Hall–Kier alpha value is -3.55. The van der Waals surface area contributed by atoms with E-state index in [1.54, 1.807) is 12.0 Å². The summed E-state index contributed by atoms with van der Waals surface area (Å²) in [6.45, 7) is 2.65. The molecule has 0 aliphatic carbocycles. The Morgan fingerprint density at radius 1 is 1.14 bits per heavy atom. The number of hydrogen-bond acceptors (Lipinski definition) is 7. The number of nitrogens with zero attached hydrogens (tertiary/aromatic N) is 3. The highest BCUT2D eigenvalue weighted by atomic mass is 16.7. The van der Waals surface area contributed by atoms with Crippen LogP contribution in [0, 0.1) is 6.92 Å². The van der Waals surface area contributed by atoms with Crippen molar-refractivity contribution in [2.75, 3.05) is 25.3 Å². The summed E-state index contributed by atoms with van der Waals surface area (Å²) in [6, 6.07) is 11.3. The largest absolute Gasteiger partial charge is 0.495 e. The van der Waals surface area contributed by atoms with Gasteiger partial charge in [-0.1, -0.05) is 11.2 Å². The van der Waals surface area contributed by atoms with E-state index in [1.807, 2.05) is 43.3 Å². The molecule has 3 heterocycles. The highest BCUT2D eigenvalue weighted by Gasteiger charge is 2.36. The monoisotopic (exact) mass is 393 g/mol. The summed E-state index contributed by atoms with van der Waals surface area (Å²) in [6.07, 6.45) is 0.305. The van der Waals surface area contributed by atoms with E-state index >= 15 is 0 Å². The number of methoxy groups -OCH3 is 1. The standard InChI is InChI=1S/C21H19N3O5/c1-12-3-5-16(26-2)15(7-12)24-10-14(9-19(24)25)21-22-20(23-29-21)13-4-6-17-18(8-13)28-11-27-17/h3-8,14H,9-11H2,1-2H3. The maximum absolute atomic E-state index is 12.7. The Morgan fingerprint density at radius 2 is 2.00 bits per heavy atom. The number of hydrogen-bond donors (Lipinski definition) is 0. The van der Waals surface area contributed by atoms with Crippen molar-refractivity contribution < 1.29 is 23.5 Å². The number of carbonyl (C=O) groups excluding carboxylic acids is 1. The molecule has 1 atom stereocenters. The average molecular weight is 393 g/mol. The van der Waals surface area contributed by atoms with Crippen molar-refractivity contribution in [2.24, 2.45) is 0 Å². The summed E-state index contributed by atoms with van der Waals surface area (Å²) in [5, 5.41) is 4.09. The van der Waals surface area contributed by atoms with Crippen molar-refractivity contribution in [3.8, 4) is 28.6 Å². The molecule has 0 saturated carbocycles. The van der Waals surface area contributed by atoms with Crippen LogP contribution in [0.2, 0.25) is 0 Å². The van der Waals surface area contributed by atoms with E-state index in [-0.39, 0.29) is 18.6 Å². The van der Waals surface area contributed by atoms with Gasteiger partial charge in [0, 0.05) is 18.5 Å². The van der Waals surface area contributed by atoms with Crippen molar-refractivity contribution in [3.05, 3.63) is 47.9 Å². The number of aromatic nitrogens is 2. The number of benzene rings is 2. The molecule has 1 fully saturated rings. The van der Waals surface area contributed by atoms with Crippen LogP contribution in [0.3, 0.4) is 0 Å². The molecule has 8 nitrogen and oxygen atoms in total. The molecule has 0 N–H and O–H groups in total. The number of anilines is 1. The minimum absolute atomic E-state index is 0.00160. The van der Waals surface area contributed by atoms with Crippen LogP contribution in [0.5, 0.6) is 17.2 Å². The van der Waals surface area contributed by atoms with Gasteiger partial charge in [-0.15, -0.1) is 0 Å². The summed E-state index contributed by atoms with van der Waals surface area (Å²) in [5.74, 6) is 2.74. The van der Waals surface area contributed by atoms with Gasteiger partial charge in [-0.25, -0.2) is 0 Å². The first kappa shape index (κ1) is 17.5. The predicted octanol–water partition coefficient (Wildman–Crippen LogP) is 3.30. The van der Waals surface area contributed by atoms with Gasteiger partial charge in [0.15, 0.2) is 11.5 Å². The summed E-state index contributed by atoms with van der Waals surface area (Å²) in [5.41, 5.74) is 2.58. The van der Waals surface area contributed by atoms with Crippen molar-refractivity contribution in [1.29, 1.82) is 0 Å². The molecule has 2 aliphatic heterocycles. The molecular formula is C21H19N3O5. The van der Waals surface area contributed by atoms with Gasteiger partial charge in [-0.2, -0.15) is 4.98 Å². The molecule has 1 amide bonds. The zero-order valence-corrected chi connectivity index (χ0v) is 16.0. The minimum Gasteiger partial charge on any atom is -0.495 e. The van der Waals surface area contributed by atoms with Crippen LogP contribution < -0.4 is 19.1 Å². The Labute approximate surface area is 167 Å². The number of amides is 1. The van der Waals surface area contributed by atoms with Crippen LogP contribution in [0.1, 0.15) is 23.8 Å². The van der Waals surface area contributed by atoms with Crippen molar-refractivity contribution in [3.63, 3.8) is 0 Å². The van der Waals surface area contributed by atoms with E-state index in [4.69, 9.17) is 18.7 Å². The lowest BCUT2D eigenvalue weighted by Gasteiger charge is -2.19.